The molecule has 0 N–H and O–H groups in total. The van der Waals surface area contributed by atoms with E-state index in [0.29, 0.717) is 5.78 Å². The second-order valence-electron chi connectivity index (χ2n) is 5.60. The van der Waals surface area contributed by atoms with Gasteiger partial charge in [0.25, 0.3) is 0 Å². The van der Waals surface area contributed by atoms with Gasteiger partial charge in [-0.05, 0) is 58.0 Å². The topological polar surface area (TPSA) is 20.3 Å². The zero-order valence-electron chi connectivity index (χ0n) is 10.6. The van der Waals surface area contributed by atoms with Gasteiger partial charge in [0.1, 0.15) is 5.78 Å². The van der Waals surface area contributed by atoms with Crippen LogP contribution in [0.3, 0.4) is 0 Å². The van der Waals surface area contributed by atoms with Crippen molar-refractivity contribution in [3.05, 3.63) is 0 Å². The highest BCUT2D eigenvalue weighted by Gasteiger charge is 2.32. The van der Waals surface area contributed by atoms with Gasteiger partial charge < -0.3 is 9.69 Å². The molecule has 2 fully saturated rings. The van der Waals surface area contributed by atoms with Crippen LogP contribution >= 0.6 is 0 Å². The Balaban J connectivity index is 1.80. The molecule has 2 nitrogen and oxygen atoms in total. The molecular weight excluding hydrogens is 198 g/mol. The lowest BCUT2D eigenvalue weighted by molar-refractivity contribution is -0.117. The maximum Gasteiger partial charge on any atom is 0.129 e. The van der Waals surface area contributed by atoms with E-state index in [4.69, 9.17) is 0 Å². The quantitative estimate of drug-likeness (QED) is 0.730. The highest BCUT2D eigenvalue weighted by atomic mass is 16.1. The van der Waals surface area contributed by atoms with Crippen molar-refractivity contribution in [2.45, 2.75) is 64.3 Å². The van der Waals surface area contributed by atoms with Gasteiger partial charge in [-0.25, -0.2) is 0 Å². The number of ketones is 1. The summed E-state index contributed by atoms with van der Waals surface area (Å²) in [6.07, 6.45) is 10.4. The number of Topliss-reactive ketones (excluding diaryl/α,β-unsaturated/α-hetero) is 1. The van der Waals surface area contributed by atoms with Crippen LogP contribution in [0.4, 0.5) is 0 Å². The number of nitrogens with zero attached hydrogens (tertiary/aromatic N) is 1. The normalized spacial score (nSPS) is 31.1. The van der Waals surface area contributed by atoms with Gasteiger partial charge in [0.15, 0.2) is 0 Å². The molecule has 2 atom stereocenters. The first-order chi connectivity index (χ1) is 7.77. The van der Waals surface area contributed by atoms with Gasteiger partial charge >= 0.3 is 0 Å². The first kappa shape index (κ1) is 12.1. The summed E-state index contributed by atoms with van der Waals surface area (Å²) in [4.78, 5) is 13.6. The predicted octanol–water partition coefficient (Wildman–Crippen LogP) is 3.01. The monoisotopic (exact) mass is 223 g/mol. The summed E-state index contributed by atoms with van der Waals surface area (Å²) in [5, 5.41) is 0. The van der Waals surface area contributed by atoms with Gasteiger partial charge in [0.2, 0.25) is 0 Å². The minimum atomic E-state index is 0.345. The predicted molar refractivity (Wildman–Crippen MR) is 66.5 cm³/mol. The van der Waals surface area contributed by atoms with Crippen LogP contribution in [-0.2, 0) is 4.79 Å². The SMILES string of the molecule is CC(=O)CCCN1CCCC2CCCCC21. The Bertz CT molecular complexity index is 237. The molecule has 0 aromatic rings. The molecule has 2 rings (SSSR count). The summed E-state index contributed by atoms with van der Waals surface area (Å²) in [5.74, 6) is 1.32. The summed E-state index contributed by atoms with van der Waals surface area (Å²) < 4.78 is 0. The van der Waals surface area contributed by atoms with Crippen LogP contribution in [0.5, 0.6) is 0 Å². The van der Waals surface area contributed by atoms with E-state index in [2.05, 4.69) is 4.90 Å². The summed E-state index contributed by atoms with van der Waals surface area (Å²) in [7, 11) is 0. The van der Waals surface area contributed by atoms with Crippen molar-refractivity contribution >= 4 is 5.78 Å². The maximum atomic E-state index is 10.9. The van der Waals surface area contributed by atoms with E-state index in [0.717, 1.165) is 31.3 Å². The Morgan fingerprint density at radius 1 is 1.19 bits per heavy atom. The van der Waals surface area contributed by atoms with Crippen LogP contribution in [0.15, 0.2) is 0 Å². The molecule has 1 heterocycles. The van der Waals surface area contributed by atoms with Crippen LogP contribution in [0, 0.1) is 5.92 Å². The molecule has 1 aliphatic carbocycles. The molecule has 0 spiro atoms. The van der Waals surface area contributed by atoms with Crippen molar-refractivity contribution in [3.63, 3.8) is 0 Å². The van der Waals surface area contributed by atoms with Crippen LogP contribution in [0.25, 0.3) is 0 Å². The van der Waals surface area contributed by atoms with E-state index in [9.17, 15) is 4.79 Å². The van der Waals surface area contributed by atoms with E-state index in [1.807, 2.05) is 0 Å². The minimum absolute atomic E-state index is 0.345. The first-order valence-corrected chi connectivity index (χ1v) is 7.01. The van der Waals surface area contributed by atoms with Crippen LogP contribution < -0.4 is 0 Å². The Kier molecular flexibility index (Phi) is 4.39. The average molecular weight is 223 g/mol. The van der Waals surface area contributed by atoms with Gasteiger partial charge in [0, 0.05) is 12.5 Å². The van der Waals surface area contributed by atoms with Gasteiger partial charge in [-0.15, -0.1) is 0 Å². The van der Waals surface area contributed by atoms with Crippen molar-refractivity contribution in [2.75, 3.05) is 13.1 Å². The number of piperidine rings is 1. The number of rotatable bonds is 4. The Labute approximate surface area is 99.4 Å². The number of hydrogen-bond acceptors (Lipinski definition) is 2. The van der Waals surface area contributed by atoms with E-state index in [1.54, 1.807) is 6.92 Å². The van der Waals surface area contributed by atoms with Crippen molar-refractivity contribution in [3.8, 4) is 0 Å². The summed E-state index contributed by atoms with van der Waals surface area (Å²) >= 11 is 0. The van der Waals surface area contributed by atoms with Crippen LogP contribution in [-0.4, -0.2) is 29.8 Å². The Morgan fingerprint density at radius 2 is 1.94 bits per heavy atom. The molecule has 0 amide bonds. The molecule has 2 aliphatic rings. The fourth-order valence-corrected chi connectivity index (χ4v) is 3.54. The van der Waals surface area contributed by atoms with Gasteiger partial charge in [-0.3, -0.25) is 0 Å². The summed E-state index contributed by atoms with van der Waals surface area (Å²) in [6.45, 7) is 4.14. The molecule has 2 unspecified atom stereocenters. The van der Waals surface area contributed by atoms with Crippen molar-refractivity contribution < 1.29 is 4.79 Å². The molecule has 1 saturated heterocycles. The second kappa shape index (κ2) is 5.81. The number of carbonyl (C=O) groups excluding carboxylic acids is 1. The molecular formula is C14H25NO. The van der Waals surface area contributed by atoms with E-state index in [1.165, 1.54) is 45.1 Å². The maximum absolute atomic E-state index is 10.9. The Hall–Kier alpha value is -0.370. The Morgan fingerprint density at radius 3 is 2.75 bits per heavy atom. The fourth-order valence-electron chi connectivity index (χ4n) is 3.54. The summed E-state index contributed by atoms with van der Waals surface area (Å²) in [5.41, 5.74) is 0. The molecule has 1 aliphatic heterocycles. The van der Waals surface area contributed by atoms with Crippen molar-refractivity contribution in [2.24, 2.45) is 5.92 Å². The molecule has 0 bridgehead atoms. The zero-order valence-corrected chi connectivity index (χ0v) is 10.6. The lowest BCUT2D eigenvalue weighted by Crippen LogP contribution is -2.47. The van der Waals surface area contributed by atoms with E-state index in [-0.39, 0.29) is 0 Å². The molecule has 16 heavy (non-hydrogen) atoms. The van der Waals surface area contributed by atoms with E-state index >= 15 is 0 Å². The summed E-state index contributed by atoms with van der Waals surface area (Å²) in [6, 6.07) is 0.856. The number of carbonyl (C=O) groups is 1. The smallest absolute Gasteiger partial charge is 0.129 e. The molecule has 2 heteroatoms. The highest BCUT2D eigenvalue weighted by Crippen LogP contribution is 2.35. The highest BCUT2D eigenvalue weighted by molar-refractivity contribution is 5.75. The lowest BCUT2D eigenvalue weighted by Gasteiger charge is -2.44. The van der Waals surface area contributed by atoms with Gasteiger partial charge in [-0.2, -0.15) is 0 Å². The lowest BCUT2D eigenvalue weighted by atomic mass is 9.78. The number of likely N-dealkylation sites (tertiary alicyclic amines) is 1. The first-order valence-electron chi connectivity index (χ1n) is 7.01. The largest absolute Gasteiger partial charge is 0.300 e. The van der Waals surface area contributed by atoms with Crippen LogP contribution in [0.1, 0.15) is 58.3 Å². The fraction of sp³-hybridized carbons (Fsp3) is 0.929. The van der Waals surface area contributed by atoms with Crippen LogP contribution in [0.2, 0.25) is 0 Å². The third kappa shape index (κ3) is 3.07. The standard InChI is InChI=1S/C14H25NO/c1-12(16)6-4-10-15-11-5-8-13-7-2-3-9-14(13)15/h13-14H,2-11H2,1H3. The number of hydrogen-bond donors (Lipinski definition) is 0. The van der Waals surface area contributed by atoms with Gasteiger partial charge in [-0.1, -0.05) is 12.8 Å². The molecule has 0 aromatic carbocycles. The van der Waals surface area contributed by atoms with E-state index < -0.39 is 0 Å². The third-order valence-electron chi connectivity index (χ3n) is 4.33. The van der Waals surface area contributed by atoms with Crippen molar-refractivity contribution in [1.29, 1.82) is 0 Å². The van der Waals surface area contributed by atoms with Crippen molar-refractivity contribution in [1.82, 2.24) is 4.90 Å². The molecule has 0 aromatic heterocycles. The number of fused-ring (bicyclic) bond motifs is 1. The minimum Gasteiger partial charge on any atom is -0.300 e. The zero-order chi connectivity index (χ0) is 11.4. The van der Waals surface area contributed by atoms with Gasteiger partial charge in [0.05, 0.1) is 0 Å². The third-order valence-corrected chi connectivity index (χ3v) is 4.33. The molecule has 92 valence electrons. The molecule has 0 radical (unpaired) electrons. The average Bonchev–Trinajstić information content (AvgIpc) is 2.29. The second-order valence-corrected chi connectivity index (χ2v) is 5.60. The molecule has 1 saturated carbocycles.